The Morgan fingerprint density at radius 2 is 1.53 bits per heavy atom. The van der Waals surface area contributed by atoms with E-state index in [0.717, 1.165) is 0 Å². The van der Waals surface area contributed by atoms with Crippen LogP contribution in [0, 0.1) is 29.6 Å². The van der Waals surface area contributed by atoms with E-state index in [4.69, 9.17) is 4.74 Å². The molecule has 15 heavy (non-hydrogen) atoms. The number of methoxy groups -OCH3 is 1. The van der Waals surface area contributed by atoms with Crippen LogP contribution >= 0.6 is 0 Å². The average Bonchev–Trinajstić information content (AvgIpc) is 2.23. The third-order valence-electron chi connectivity index (χ3n) is 4.34. The highest BCUT2D eigenvalue weighted by Gasteiger charge is 2.46. The standard InChI is InChI=1S/C12H22O3/c1-6-7(2)10(12(14)15-5)9(4)11(13)8(6)3/h6-11,13H,1-5H3. The molecule has 1 N–H and O–H groups in total. The first kappa shape index (κ1) is 12.5. The van der Waals surface area contributed by atoms with Crippen molar-refractivity contribution in [3.8, 4) is 0 Å². The van der Waals surface area contributed by atoms with Gasteiger partial charge in [-0.15, -0.1) is 0 Å². The molecule has 1 saturated carbocycles. The molecule has 0 amide bonds. The van der Waals surface area contributed by atoms with Crippen LogP contribution in [0.25, 0.3) is 0 Å². The molecule has 0 heterocycles. The molecule has 3 nitrogen and oxygen atoms in total. The van der Waals surface area contributed by atoms with E-state index in [2.05, 4.69) is 20.8 Å². The lowest BCUT2D eigenvalue weighted by atomic mass is 9.62. The van der Waals surface area contributed by atoms with Crippen molar-refractivity contribution in [3.05, 3.63) is 0 Å². The van der Waals surface area contributed by atoms with Gasteiger partial charge in [0.1, 0.15) is 0 Å². The maximum absolute atomic E-state index is 11.7. The van der Waals surface area contributed by atoms with Crippen LogP contribution in [0.1, 0.15) is 27.7 Å². The molecule has 6 unspecified atom stereocenters. The third-order valence-corrected chi connectivity index (χ3v) is 4.34. The Labute approximate surface area is 91.8 Å². The van der Waals surface area contributed by atoms with E-state index in [1.54, 1.807) is 0 Å². The predicted molar refractivity (Wildman–Crippen MR) is 58.2 cm³/mol. The van der Waals surface area contributed by atoms with Crippen LogP contribution in [-0.2, 0) is 9.53 Å². The molecule has 1 aliphatic carbocycles. The Kier molecular flexibility index (Phi) is 3.77. The van der Waals surface area contributed by atoms with Gasteiger partial charge in [-0.05, 0) is 23.7 Å². The number of esters is 1. The number of ether oxygens (including phenoxy) is 1. The topological polar surface area (TPSA) is 46.5 Å². The van der Waals surface area contributed by atoms with Gasteiger partial charge < -0.3 is 9.84 Å². The summed E-state index contributed by atoms with van der Waals surface area (Å²) in [5, 5.41) is 10.0. The van der Waals surface area contributed by atoms with Crippen LogP contribution < -0.4 is 0 Å². The zero-order valence-electron chi connectivity index (χ0n) is 10.2. The minimum Gasteiger partial charge on any atom is -0.469 e. The molecule has 0 aromatic carbocycles. The van der Waals surface area contributed by atoms with E-state index >= 15 is 0 Å². The van der Waals surface area contributed by atoms with E-state index < -0.39 is 6.10 Å². The number of carbonyl (C=O) groups excluding carboxylic acids is 1. The van der Waals surface area contributed by atoms with Crippen molar-refractivity contribution >= 4 is 5.97 Å². The first-order chi connectivity index (χ1) is 6.91. The van der Waals surface area contributed by atoms with Crippen molar-refractivity contribution in [3.63, 3.8) is 0 Å². The van der Waals surface area contributed by atoms with Crippen molar-refractivity contribution in [2.45, 2.75) is 33.8 Å². The maximum atomic E-state index is 11.7. The monoisotopic (exact) mass is 214 g/mol. The minimum absolute atomic E-state index is 0.0151. The third kappa shape index (κ3) is 2.03. The second kappa shape index (κ2) is 4.52. The zero-order chi connectivity index (χ0) is 11.7. The molecule has 0 radical (unpaired) electrons. The molecule has 1 rings (SSSR count). The normalized spacial score (nSPS) is 46.3. The van der Waals surface area contributed by atoms with Gasteiger partial charge in [-0.1, -0.05) is 27.7 Å². The van der Waals surface area contributed by atoms with Crippen molar-refractivity contribution in [2.24, 2.45) is 29.6 Å². The average molecular weight is 214 g/mol. The molecule has 0 spiro atoms. The molecule has 1 aliphatic rings. The quantitative estimate of drug-likeness (QED) is 0.676. The van der Waals surface area contributed by atoms with E-state index in [1.165, 1.54) is 7.11 Å². The lowest BCUT2D eigenvalue weighted by Gasteiger charge is -2.44. The van der Waals surface area contributed by atoms with Crippen LogP contribution in [0.15, 0.2) is 0 Å². The van der Waals surface area contributed by atoms with Gasteiger partial charge in [0.15, 0.2) is 0 Å². The molecule has 0 aromatic rings. The van der Waals surface area contributed by atoms with Gasteiger partial charge in [-0.3, -0.25) is 4.79 Å². The summed E-state index contributed by atoms with van der Waals surface area (Å²) >= 11 is 0. The van der Waals surface area contributed by atoms with Crippen LogP contribution in [0.5, 0.6) is 0 Å². The largest absolute Gasteiger partial charge is 0.469 e. The van der Waals surface area contributed by atoms with Crippen LogP contribution in [-0.4, -0.2) is 24.3 Å². The molecule has 0 saturated heterocycles. The molecule has 88 valence electrons. The second-order valence-electron chi connectivity index (χ2n) is 4.98. The van der Waals surface area contributed by atoms with Crippen LogP contribution in [0.3, 0.4) is 0 Å². The van der Waals surface area contributed by atoms with E-state index in [0.29, 0.717) is 5.92 Å². The van der Waals surface area contributed by atoms with Gasteiger partial charge in [0.2, 0.25) is 0 Å². The lowest BCUT2D eigenvalue weighted by Crippen LogP contribution is -2.48. The van der Waals surface area contributed by atoms with Gasteiger partial charge >= 0.3 is 5.97 Å². The Bertz CT molecular complexity index is 223. The highest BCUT2D eigenvalue weighted by atomic mass is 16.5. The number of carbonyl (C=O) groups is 1. The Morgan fingerprint density at radius 1 is 1.00 bits per heavy atom. The Balaban J connectivity index is 2.91. The fourth-order valence-electron chi connectivity index (χ4n) is 2.85. The second-order valence-corrected chi connectivity index (χ2v) is 4.98. The fourth-order valence-corrected chi connectivity index (χ4v) is 2.85. The number of hydrogen-bond acceptors (Lipinski definition) is 3. The summed E-state index contributed by atoms with van der Waals surface area (Å²) in [4.78, 5) is 11.7. The molecule has 6 atom stereocenters. The molecule has 3 heteroatoms. The summed E-state index contributed by atoms with van der Waals surface area (Å²) in [6.07, 6.45) is -0.403. The first-order valence-electron chi connectivity index (χ1n) is 5.67. The first-order valence-corrected chi connectivity index (χ1v) is 5.67. The van der Waals surface area contributed by atoms with E-state index in [-0.39, 0.29) is 29.6 Å². The summed E-state index contributed by atoms with van der Waals surface area (Å²) < 4.78 is 4.81. The Morgan fingerprint density at radius 3 is 2.00 bits per heavy atom. The number of hydrogen-bond donors (Lipinski definition) is 1. The molecular formula is C12H22O3. The maximum Gasteiger partial charge on any atom is 0.309 e. The van der Waals surface area contributed by atoms with Crippen molar-refractivity contribution in [1.82, 2.24) is 0 Å². The van der Waals surface area contributed by atoms with Gasteiger partial charge in [-0.25, -0.2) is 0 Å². The Hall–Kier alpha value is -0.570. The number of aliphatic hydroxyl groups is 1. The summed E-state index contributed by atoms with van der Waals surface area (Å²) in [5.41, 5.74) is 0. The van der Waals surface area contributed by atoms with Gasteiger partial charge in [-0.2, -0.15) is 0 Å². The minimum atomic E-state index is -0.403. The summed E-state index contributed by atoms with van der Waals surface area (Å²) in [6.45, 7) is 8.16. The molecule has 0 bridgehead atoms. The van der Waals surface area contributed by atoms with E-state index in [9.17, 15) is 9.90 Å². The fraction of sp³-hybridized carbons (Fsp3) is 0.917. The van der Waals surface area contributed by atoms with Crippen molar-refractivity contribution in [2.75, 3.05) is 7.11 Å². The van der Waals surface area contributed by atoms with E-state index in [1.807, 2.05) is 6.92 Å². The predicted octanol–water partition coefficient (Wildman–Crippen LogP) is 1.69. The van der Waals surface area contributed by atoms with Gasteiger partial charge in [0, 0.05) is 0 Å². The van der Waals surface area contributed by atoms with Gasteiger partial charge in [0.05, 0.1) is 19.1 Å². The smallest absolute Gasteiger partial charge is 0.309 e. The number of rotatable bonds is 1. The van der Waals surface area contributed by atoms with Crippen LogP contribution in [0.4, 0.5) is 0 Å². The summed E-state index contributed by atoms with van der Waals surface area (Å²) in [6, 6.07) is 0. The summed E-state index contributed by atoms with van der Waals surface area (Å²) in [5.74, 6) is 0.490. The molecule has 1 fully saturated rings. The number of aliphatic hydroxyl groups excluding tert-OH is 1. The van der Waals surface area contributed by atoms with Crippen molar-refractivity contribution < 1.29 is 14.6 Å². The van der Waals surface area contributed by atoms with Crippen molar-refractivity contribution in [1.29, 1.82) is 0 Å². The lowest BCUT2D eigenvalue weighted by molar-refractivity contribution is -0.159. The summed E-state index contributed by atoms with van der Waals surface area (Å²) in [7, 11) is 1.41. The highest BCUT2D eigenvalue weighted by Crippen LogP contribution is 2.42. The molecular weight excluding hydrogens is 192 g/mol. The highest BCUT2D eigenvalue weighted by molar-refractivity contribution is 5.73. The zero-order valence-corrected chi connectivity index (χ0v) is 10.2. The SMILES string of the molecule is COC(=O)C1C(C)C(C)C(C)C(O)C1C. The molecule has 0 aromatic heterocycles. The van der Waals surface area contributed by atoms with Crippen LogP contribution in [0.2, 0.25) is 0 Å². The van der Waals surface area contributed by atoms with Gasteiger partial charge in [0.25, 0.3) is 0 Å². The molecule has 0 aliphatic heterocycles.